The van der Waals surface area contributed by atoms with Gasteiger partial charge < -0.3 is 29.5 Å². The van der Waals surface area contributed by atoms with Crippen LogP contribution in [0.15, 0.2) is 46.0 Å². The lowest BCUT2D eigenvalue weighted by atomic mass is 10.2. The standard InChI is InChI=1S/C24H26BrN7O5/c1-15-3-5-18(17(25)11-15)27-22-28-23(30-24(29-22)32-7-9-36-10-8-32)31-26-13-16-4-6-19(20(12-16)35-2)37-14-21(33)34/h3-6,11-13H,7-10,14H2,1-2H3,(H,33,34)(H2,27,28,29,30,31)/b26-13-. The van der Waals surface area contributed by atoms with Crippen molar-refractivity contribution in [2.24, 2.45) is 5.10 Å². The Hall–Kier alpha value is -3.97. The first-order valence-corrected chi connectivity index (χ1v) is 12.1. The molecular weight excluding hydrogens is 546 g/mol. The molecule has 1 aliphatic heterocycles. The average molecular weight is 572 g/mol. The Morgan fingerprint density at radius 2 is 1.95 bits per heavy atom. The maximum Gasteiger partial charge on any atom is 0.341 e. The number of hydrogen-bond acceptors (Lipinski definition) is 11. The van der Waals surface area contributed by atoms with Crippen LogP contribution in [0.5, 0.6) is 11.5 Å². The molecule has 0 spiro atoms. The van der Waals surface area contributed by atoms with Crippen molar-refractivity contribution in [1.29, 1.82) is 0 Å². The number of nitrogens with zero attached hydrogens (tertiary/aromatic N) is 5. The van der Waals surface area contributed by atoms with Crippen molar-refractivity contribution < 1.29 is 24.1 Å². The topological polar surface area (TPSA) is 143 Å². The number of aliphatic carboxylic acids is 1. The number of morpholine rings is 1. The monoisotopic (exact) mass is 571 g/mol. The zero-order chi connectivity index (χ0) is 26.2. The van der Waals surface area contributed by atoms with Crippen LogP contribution in [0.2, 0.25) is 0 Å². The summed E-state index contributed by atoms with van der Waals surface area (Å²) in [6, 6.07) is 11.0. The van der Waals surface area contributed by atoms with Gasteiger partial charge in [-0.1, -0.05) is 6.07 Å². The zero-order valence-electron chi connectivity index (χ0n) is 20.3. The quantitative estimate of drug-likeness (QED) is 0.243. The van der Waals surface area contributed by atoms with Crippen LogP contribution in [0.3, 0.4) is 0 Å². The number of benzene rings is 2. The van der Waals surface area contributed by atoms with Gasteiger partial charge in [0, 0.05) is 17.6 Å². The van der Waals surface area contributed by atoms with Crippen molar-refractivity contribution in [3.8, 4) is 11.5 Å². The molecular formula is C24H26BrN7O5. The second-order valence-electron chi connectivity index (χ2n) is 7.95. The molecule has 0 unspecified atom stereocenters. The molecule has 194 valence electrons. The molecule has 0 radical (unpaired) electrons. The van der Waals surface area contributed by atoms with Gasteiger partial charge in [0.1, 0.15) is 0 Å². The minimum atomic E-state index is -1.07. The number of carboxylic acid groups (broad SMARTS) is 1. The maximum atomic E-state index is 10.8. The van der Waals surface area contributed by atoms with Crippen LogP contribution in [-0.4, -0.2) is 72.3 Å². The van der Waals surface area contributed by atoms with Gasteiger partial charge in [0.05, 0.1) is 32.2 Å². The third-order valence-corrected chi connectivity index (χ3v) is 5.86. The van der Waals surface area contributed by atoms with E-state index in [0.717, 1.165) is 15.7 Å². The lowest BCUT2D eigenvalue weighted by Gasteiger charge is -2.27. The Morgan fingerprint density at radius 3 is 2.68 bits per heavy atom. The first-order chi connectivity index (χ1) is 17.9. The van der Waals surface area contributed by atoms with Gasteiger partial charge in [0.25, 0.3) is 0 Å². The first kappa shape index (κ1) is 26.1. The number of methoxy groups -OCH3 is 1. The molecule has 3 aromatic rings. The van der Waals surface area contributed by atoms with Crippen LogP contribution >= 0.6 is 15.9 Å². The summed E-state index contributed by atoms with van der Waals surface area (Å²) in [4.78, 5) is 26.4. The highest BCUT2D eigenvalue weighted by Gasteiger charge is 2.17. The summed E-state index contributed by atoms with van der Waals surface area (Å²) in [5.74, 6) is 0.751. The van der Waals surface area contributed by atoms with E-state index in [1.165, 1.54) is 7.11 Å². The molecule has 1 fully saturated rings. The molecule has 4 rings (SSSR count). The van der Waals surface area contributed by atoms with Crippen LogP contribution in [-0.2, 0) is 9.53 Å². The zero-order valence-corrected chi connectivity index (χ0v) is 21.9. The molecule has 37 heavy (non-hydrogen) atoms. The van der Waals surface area contributed by atoms with E-state index in [4.69, 9.17) is 19.3 Å². The SMILES string of the molecule is COc1cc(/C=N\Nc2nc(Nc3ccc(C)cc3Br)nc(N3CCOCC3)n2)ccc1OCC(=O)O. The molecule has 2 aromatic carbocycles. The normalized spacial score (nSPS) is 13.4. The fourth-order valence-electron chi connectivity index (χ4n) is 3.41. The Balaban J connectivity index is 1.54. The molecule has 0 atom stereocenters. The van der Waals surface area contributed by atoms with Crippen LogP contribution in [0.1, 0.15) is 11.1 Å². The van der Waals surface area contributed by atoms with Gasteiger partial charge in [-0.3, -0.25) is 0 Å². The van der Waals surface area contributed by atoms with E-state index in [2.05, 4.69) is 46.7 Å². The van der Waals surface area contributed by atoms with Crippen LogP contribution in [0.4, 0.5) is 23.5 Å². The van der Waals surface area contributed by atoms with Crippen molar-refractivity contribution >= 4 is 51.6 Å². The molecule has 13 heteroatoms. The summed E-state index contributed by atoms with van der Waals surface area (Å²) in [5.41, 5.74) is 5.49. The number of halogens is 1. The average Bonchev–Trinajstić information content (AvgIpc) is 2.90. The Morgan fingerprint density at radius 1 is 1.16 bits per heavy atom. The fraction of sp³-hybridized carbons (Fsp3) is 0.292. The number of anilines is 4. The number of nitrogens with one attached hydrogen (secondary N) is 2. The number of ether oxygens (including phenoxy) is 3. The molecule has 1 aliphatic rings. The van der Waals surface area contributed by atoms with Crippen molar-refractivity contribution in [1.82, 2.24) is 15.0 Å². The van der Waals surface area contributed by atoms with E-state index >= 15 is 0 Å². The summed E-state index contributed by atoms with van der Waals surface area (Å²) in [7, 11) is 1.47. The Labute approximate surface area is 221 Å². The number of carboxylic acids is 1. The number of carbonyl (C=O) groups is 1. The van der Waals surface area contributed by atoms with Gasteiger partial charge >= 0.3 is 5.97 Å². The van der Waals surface area contributed by atoms with Crippen LogP contribution in [0, 0.1) is 6.92 Å². The summed E-state index contributed by atoms with van der Waals surface area (Å²) in [5, 5.41) is 16.3. The summed E-state index contributed by atoms with van der Waals surface area (Å²) >= 11 is 3.57. The van der Waals surface area contributed by atoms with E-state index in [1.54, 1.807) is 24.4 Å². The maximum absolute atomic E-state index is 10.8. The Kier molecular flexibility index (Phi) is 8.69. The predicted molar refractivity (Wildman–Crippen MR) is 142 cm³/mol. The minimum Gasteiger partial charge on any atom is -0.493 e. The molecule has 12 nitrogen and oxygen atoms in total. The van der Waals surface area contributed by atoms with Gasteiger partial charge in [0.2, 0.25) is 17.8 Å². The largest absolute Gasteiger partial charge is 0.493 e. The first-order valence-electron chi connectivity index (χ1n) is 11.3. The number of aryl methyl sites for hydroxylation is 1. The highest BCUT2D eigenvalue weighted by molar-refractivity contribution is 9.10. The second kappa shape index (κ2) is 12.3. The van der Waals surface area contributed by atoms with Crippen molar-refractivity contribution in [2.75, 3.05) is 55.7 Å². The van der Waals surface area contributed by atoms with E-state index in [9.17, 15) is 4.79 Å². The molecule has 2 heterocycles. The van der Waals surface area contributed by atoms with Crippen LogP contribution < -0.4 is 25.1 Å². The molecule has 0 amide bonds. The van der Waals surface area contributed by atoms with Crippen molar-refractivity contribution in [3.63, 3.8) is 0 Å². The Bertz CT molecular complexity index is 1280. The van der Waals surface area contributed by atoms with Gasteiger partial charge in [0.15, 0.2) is 18.1 Å². The number of aromatic nitrogens is 3. The van der Waals surface area contributed by atoms with Crippen molar-refractivity contribution in [3.05, 3.63) is 52.0 Å². The summed E-state index contributed by atoms with van der Waals surface area (Å²) in [6.45, 7) is 4.05. The van der Waals surface area contributed by atoms with Crippen LogP contribution in [0.25, 0.3) is 0 Å². The number of hydrazone groups is 1. The lowest BCUT2D eigenvalue weighted by molar-refractivity contribution is -0.139. The second-order valence-corrected chi connectivity index (χ2v) is 8.81. The smallest absolute Gasteiger partial charge is 0.341 e. The minimum absolute atomic E-state index is 0.256. The highest BCUT2D eigenvalue weighted by Crippen LogP contribution is 2.28. The highest BCUT2D eigenvalue weighted by atomic mass is 79.9. The van der Waals surface area contributed by atoms with E-state index in [1.807, 2.05) is 30.0 Å². The van der Waals surface area contributed by atoms with Gasteiger partial charge in [-0.05, 0) is 64.3 Å². The fourth-order valence-corrected chi connectivity index (χ4v) is 4.00. The number of hydrogen-bond donors (Lipinski definition) is 3. The molecule has 3 N–H and O–H groups in total. The summed E-state index contributed by atoms with van der Waals surface area (Å²) < 4.78 is 16.9. The number of rotatable bonds is 10. The molecule has 0 saturated carbocycles. The molecule has 0 bridgehead atoms. The van der Waals surface area contributed by atoms with E-state index in [-0.39, 0.29) is 5.95 Å². The third kappa shape index (κ3) is 7.27. The van der Waals surface area contributed by atoms with Gasteiger partial charge in [-0.25, -0.2) is 10.2 Å². The van der Waals surface area contributed by atoms with Gasteiger partial charge in [-0.2, -0.15) is 20.1 Å². The molecule has 1 aromatic heterocycles. The van der Waals surface area contributed by atoms with E-state index < -0.39 is 12.6 Å². The molecule has 0 aliphatic carbocycles. The van der Waals surface area contributed by atoms with Gasteiger partial charge in [-0.15, -0.1) is 0 Å². The summed E-state index contributed by atoms with van der Waals surface area (Å²) in [6.07, 6.45) is 1.56. The van der Waals surface area contributed by atoms with Crippen molar-refractivity contribution in [2.45, 2.75) is 6.92 Å². The lowest BCUT2D eigenvalue weighted by Crippen LogP contribution is -2.37. The third-order valence-electron chi connectivity index (χ3n) is 5.21. The molecule has 1 saturated heterocycles. The van der Waals surface area contributed by atoms with E-state index in [0.29, 0.717) is 55.3 Å². The predicted octanol–water partition coefficient (Wildman–Crippen LogP) is 3.44.